The molecule has 3 rings (SSSR count). The predicted octanol–water partition coefficient (Wildman–Crippen LogP) is 3.49. The van der Waals surface area contributed by atoms with Crippen LogP contribution in [0.3, 0.4) is 0 Å². The highest BCUT2D eigenvalue weighted by atomic mass is 35.5. The van der Waals surface area contributed by atoms with Crippen molar-refractivity contribution in [3.63, 3.8) is 0 Å². The molecule has 30 heavy (non-hydrogen) atoms. The Morgan fingerprint density at radius 3 is 2.87 bits per heavy atom. The molecule has 0 saturated heterocycles. The summed E-state index contributed by atoms with van der Waals surface area (Å²) < 4.78 is 18.8. The third-order valence-electron chi connectivity index (χ3n) is 4.63. The topological polar surface area (TPSA) is 54.3 Å². The molecule has 2 atom stereocenters. The Kier molecular flexibility index (Phi) is 8.23. The van der Waals surface area contributed by atoms with Crippen LogP contribution < -0.4 is 0 Å². The Morgan fingerprint density at radius 1 is 1.33 bits per heavy atom. The van der Waals surface area contributed by atoms with Crippen molar-refractivity contribution < 1.29 is 19.1 Å². The van der Waals surface area contributed by atoms with Crippen LogP contribution in [-0.2, 0) is 16.1 Å². The molecule has 1 heterocycles. The lowest BCUT2D eigenvalue weighted by molar-refractivity contribution is 0.00417. The Labute approximate surface area is 181 Å². The lowest BCUT2D eigenvalue weighted by atomic mass is 10.0. The highest BCUT2D eigenvalue weighted by Gasteiger charge is 2.26. The summed E-state index contributed by atoms with van der Waals surface area (Å²) >= 11 is 5.95. The molecule has 2 aromatic carbocycles. The van der Waals surface area contributed by atoms with Crippen molar-refractivity contribution >= 4 is 17.3 Å². The minimum Gasteiger partial charge on any atom is -0.390 e. The van der Waals surface area contributed by atoms with Gasteiger partial charge in [-0.2, -0.15) is 0 Å². The summed E-state index contributed by atoms with van der Waals surface area (Å²) in [6.45, 7) is 1.58. The number of hydrogen-bond donors (Lipinski definition) is 1. The van der Waals surface area contributed by atoms with Crippen LogP contribution in [0.1, 0.15) is 17.5 Å². The first-order valence-corrected chi connectivity index (χ1v) is 10.1. The molecule has 2 aromatic rings. The monoisotopic (exact) mass is 430 g/mol. The standard InChI is InChI=1S/C23H24ClFN2O3/c1-2-10-29-16-21(28)14-27(13-17-4-3-5-20(25)11-17)15-22-12-23(26-30-22)18-6-8-19(24)9-7-18/h1,3-9,11,21-22,28H,10,12-16H2/t21-,22-/m1/s1. The van der Waals surface area contributed by atoms with Crippen LogP contribution in [0.4, 0.5) is 4.39 Å². The molecule has 0 unspecified atom stereocenters. The fourth-order valence-electron chi connectivity index (χ4n) is 3.33. The van der Waals surface area contributed by atoms with E-state index in [4.69, 9.17) is 27.6 Å². The normalized spacial score (nSPS) is 16.8. The van der Waals surface area contributed by atoms with Gasteiger partial charge in [0, 0.05) is 31.1 Å². The van der Waals surface area contributed by atoms with E-state index in [0.717, 1.165) is 16.8 Å². The van der Waals surface area contributed by atoms with Gasteiger partial charge in [0.1, 0.15) is 18.5 Å². The minimum atomic E-state index is -0.732. The van der Waals surface area contributed by atoms with E-state index >= 15 is 0 Å². The van der Waals surface area contributed by atoms with Crippen molar-refractivity contribution in [2.24, 2.45) is 5.16 Å². The number of aliphatic hydroxyl groups excluding tert-OH is 1. The van der Waals surface area contributed by atoms with Crippen LogP contribution in [0.5, 0.6) is 0 Å². The van der Waals surface area contributed by atoms with Gasteiger partial charge in [-0.3, -0.25) is 4.90 Å². The van der Waals surface area contributed by atoms with Crippen molar-refractivity contribution in [2.45, 2.75) is 25.2 Å². The molecule has 1 aliphatic rings. The lowest BCUT2D eigenvalue weighted by Gasteiger charge is -2.27. The second kappa shape index (κ2) is 11.1. The van der Waals surface area contributed by atoms with Gasteiger partial charge in [-0.15, -0.1) is 6.42 Å². The van der Waals surface area contributed by atoms with E-state index in [-0.39, 0.29) is 25.1 Å². The summed E-state index contributed by atoms with van der Waals surface area (Å²) in [6, 6.07) is 13.9. The number of terminal acetylenes is 1. The molecule has 1 N–H and O–H groups in total. The van der Waals surface area contributed by atoms with Gasteiger partial charge >= 0.3 is 0 Å². The number of benzene rings is 2. The van der Waals surface area contributed by atoms with Gasteiger partial charge in [0.15, 0.2) is 0 Å². The highest BCUT2D eigenvalue weighted by Crippen LogP contribution is 2.20. The molecular weight excluding hydrogens is 407 g/mol. The molecule has 0 fully saturated rings. The third-order valence-corrected chi connectivity index (χ3v) is 4.88. The van der Waals surface area contributed by atoms with Gasteiger partial charge in [0.25, 0.3) is 0 Å². The van der Waals surface area contributed by atoms with E-state index in [0.29, 0.717) is 31.1 Å². The first kappa shape index (κ1) is 22.3. The van der Waals surface area contributed by atoms with Crippen molar-refractivity contribution in [3.05, 3.63) is 70.5 Å². The number of ether oxygens (including phenoxy) is 1. The van der Waals surface area contributed by atoms with E-state index in [2.05, 4.69) is 11.1 Å². The number of halogens is 2. The highest BCUT2D eigenvalue weighted by molar-refractivity contribution is 6.30. The van der Waals surface area contributed by atoms with Crippen LogP contribution in [0.2, 0.25) is 5.02 Å². The lowest BCUT2D eigenvalue weighted by Crippen LogP contribution is -2.39. The molecule has 0 amide bonds. The summed E-state index contributed by atoms with van der Waals surface area (Å²) in [4.78, 5) is 7.63. The maximum atomic E-state index is 13.6. The van der Waals surface area contributed by atoms with E-state index in [1.165, 1.54) is 12.1 Å². The first-order chi connectivity index (χ1) is 14.5. The number of oxime groups is 1. The Bertz CT molecular complexity index is 898. The largest absolute Gasteiger partial charge is 0.390 e. The van der Waals surface area contributed by atoms with Crippen LogP contribution in [0.15, 0.2) is 53.7 Å². The van der Waals surface area contributed by atoms with Crippen LogP contribution in [0.25, 0.3) is 0 Å². The molecule has 0 aromatic heterocycles. The number of hydrogen-bond acceptors (Lipinski definition) is 5. The van der Waals surface area contributed by atoms with E-state index < -0.39 is 6.10 Å². The van der Waals surface area contributed by atoms with Crippen molar-refractivity contribution in [3.8, 4) is 12.3 Å². The SMILES string of the molecule is C#CCOC[C@H](O)CN(Cc1cccc(F)c1)C[C@H]1CC(c2ccc(Cl)cc2)=NO1. The Hall–Kier alpha value is -2.43. The molecule has 158 valence electrons. The second-order valence-corrected chi connectivity index (χ2v) is 7.61. The zero-order chi connectivity index (χ0) is 21.3. The Morgan fingerprint density at radius 2 is 2.13 bits per heavy atom. The molecule has 0 aliphatic carbocycles. The predicted molar refractivity (Wildman–Crippen MR) is 115 cm³/mol. The molecule has 0 radical (unpaired) electrons. The van der Waals surface area contributed by atoms with Crippen molar-refractivity contribution in [1.82, 2.24) is 4.90 Å². The fraction of sp³-hybridized carbons (Fsp3) is 0.348. The maximum Gasteiger partial charge on any atom is 0.145 e. The van der Waals surface area contributed by atoms with Crippen LogP contribution in [0, 0.1) is 18.2 Å². The van der Waals surface area contributed by atoms with Gasteiger partial charge < -0.3 is 14.7 Å². The smallest absolute Gasteiger partial charge is 0.145 e. The van der Waals surface area contributed by atoms with Gasteiger partial charge in [0.2, 0.25) is 0 Å². The Balaban J connectivity index is 1.61. The zero-order valence-electron chi connectivity index (χ0n) is 16.5. The third kappa shape index (κ3) is 6.82. The second-order valence-electron chi connectivity index (χ2n) is 7.17. The molecule has 0 saturated carbocycles. The van der Waals surface area contributed by atoms with Gasteiger partial charge in [-0.25, -0.2) is 4.39 Å². The summed E-state index contributed by atoms with van der Waals surface area (Å²) in [5.41, 5.74) is 2.62. The van der Waals surface area contributed by atoms with E-state index in [9.17, 15) is 9.50 Å². The van der Waals surface area contributed by atoms with E-state index in [1.54, 1.807) is 6.07 Å². The average Bonchev–Trinajstić information content (AvgIpc) is 3.17. The minimum absolute atomic E-state index is 0.127. The van der Waals surface area contributed by atoms with Gasteiger partial charge in [0.05, 0.1) is 18.4 Å². The maximum absolute atomic E-state index is 13.6. The first-order valence-electron chi connectivity index (χ1n) is 9.68. The van der Waals surface area contributed by atoms with Crippen molar-refractivity contribution in [1.29, 1.82) is 0 Å². The number of nitrogens with zero attached hydrogens (tertiary/aromatic N) is 2. The summed E-state index contributed by atoms with van der Waals surface area (Å²) in [7, 11) is 0. The summed E-state index contributed by atoms with van der Waals surface area (Å²) in [5, 5.41) is 15.2. The zero-order valence-corrected chi connectivity index (χ0v) is 17.3. The fourth-order valence-corrected chi connectivity index (χ4v) is 3.45. The molecule has 7 heteroatoms. The molecule has 1 aliphatic heterocycles. The molecular formula is C23H24ClFN2O3. The molecule has 0 bridgehead atoms. The summed E-state index contributed by atoms with van der Waals surface area (Å²) in [6.07, 6.45) is 4.89. The van der Waals surface area contributed by atoms with Crippen LogP contribution >= 0.6 is 11.6 Å². The molecule has 0 spiro atoms. The van der Waals surface area contributed by atoms with E-state index in [1.807, 2.05) is 35.2 Å². The van der Waals surface area contributed by atoms with Gasteiger partial charge in [-0.05, 0) is 35.4 Å². The summed E-state index contributed by atoms with van der Waals surface area (Å²) in [5.74, 6) is 2.08. The van der Waals surface area contributed by atoms with Crippen LogP contribution in [-0.4, -0.2) is 54.2 Å². The molecule has 5 nitrogen and oxygen atoms in total. The number of aliphatic hydroxyl groups is 1. The average molecular weight is 431 g/mol. The quantitative estimate of drug-likeness (QED) is 0.463. The number of rotatable bonds is 10. The van der Waals surface area contributed by atoms with Crippen molar-refractivity contribution in [2.75, 3.05) is 26.3 Å². The van der Waals surface area contributed by atoms with Gasteiger partial charge in [-0.1, -0.05) is 46.9 Å².